The molecule has 0 fully saturated rings. The van der Waals surface area contributed by atoms with Crippen LogP contribution in [-0.2, 0) is 19.6 Å². The maximum absolute atomic E-state index is 6.22. The highest BCUT2D eigenvalue weighted by molar-refractivity contribution is 6.02. The SMILES string of the molecule is CCc1cccc(N=C(NN)c2ccc(OCc3ccccc3)cc2OCc2ccccc2)c1. The van der Waals surface area contributed by atoms with Crippen LogP contribution in [0.4, 0.5) is 5.69 Å². The Morgan fingerprint density at radius 3 is 2.03 bits per heavy atom. The summed E-state index contributed by atoms with van der Waals surface area (Å²) in [6.45, 7) is 3.01. The number of amidine groups is 1. The van der Waals surface area contributed by atoms with E-state index in [2.05, 4.69) is 24.5 Å². The molecule has 0 atom stereocenters. The quantitative estimate of drug-likeness (QED) is 0.143. The van der Waals surface area contributed by atoms with Gasteiger partial charge in [-0.1, -0.05) is 79.7 Å². The van der Waals surface area contributed by atoms with Crippen molar-refractivity contribution < 1.29 is 9.47 Å². The lowest BCUT2D eigenvalue weighted by molar-refractivity contribution is 0.289. The van der Waals surface area contributed by atoms with Gasteiger partial charge >= 0.3 is 0 Å². The van der Waals surface area contributed by atoms with Gasteiger partial charge in [0.1, 0.15) is 24.7 Å². The molecule has 0 aliphatic rings. The van der Waals surface area contributed by atoms with E-state index in [9.17, 15) is 0 Å². The molecule has 5 heteroatoms. The summed E-state index contributed by atoms with van der Waals surface area (Å²) in [6.07, 6.45) is 0.938. The molecule has 3 N–H and O–H groups in total. The highest BCUT2D eigenvalue weighted by atomic mass is 16.5. The maximum Gasteiger partial charge on any atom is 0.151 e. The maximum atomic E-state index is 6.22. The van der Waals surface area contributed by atoms with Crippen molar-refractivity contribution in [2.24, 2.45) is 10.8 Å². The summed E-state index contributed by atoms with van der Waals surface area (Å²) in [5.74, 6) is 7.77. The zero-order chi connectivity index (χ0) is 23.6. The monoisotopic (exact) mass is 451 g/mol. The van der Waals surface area contributed by atoms with E-state index in [0.717, 1.165) is 28.8 Å². The second-order valence-electron chi connectivity index (χ2n) is 7.83. The van der Waals surface area contributed by atoms with Crippen LogP contribution in [0.2, 0.25) is 0 Å². The van der Waals surface area contributed by atoms with E-state index < -0.39 is 0 Å². The van der Waals surface area contributed by atoms with E-state index in [0.29, 0.717) is 30.5 Å². The summed E-state index contributed by atoms with van der Waals surface area (Å²) in [6, 6.07) is 33.9. The molecule has 172 valence electrons. The molecule has 5 nitrogen and oxygen atoms in total. The average molecular weight is 452 g/mol. The molecular formula is C29H29N3O2. The van der Waals surface area contributed by atoms with Gasteiger partial charge in [-0.15, -0.1) is 0 Å². The fourth-order valence-electron chi connectivity index (χ4n) is 3.53. The minimum Gasteiger partial charge on any atom is -0.489 e. The van der Waals surface area contributed by atoms with Crippen molar-refractivity contribution in [2.75, 3.05) is 0 Å². The first-order chi connectivity index (χ1) is 16.7. The van der Waals surface area contributed by atoms with Gasteiger partial charge in [-0.3, -0.25) is 0 Å². The molecule has 0 aromatic heterocycles. The summed E-state index contributed by atoms with van der Waals surface area (Å²) in [7, 11) is 0. The predicted molar refractivity (Wildman–Crippen MR) is 137 cm³/mol. The normalized spacial score (nSPS) is 11.2. The van der Waals surface area contributed by atoms with Gasteiger partial charge in [0.05, 0.1) is 11.3 Å². The van der Waals surface area contributed by atoms with Gasteiger partial charge in [0.15, 0.2) is 5.84 Å². The van der Waals surface area contributed by atoms with Gasteiger partial charge in [-0.25, -0.2) is 10.8 Å². The van der Waals surface area contributed by atoms with E-state index in [-0.39, 0.29) is 0 Å². The van der Waals surface area contributed by atoms with Crippen LogP contribution < -0.4 is 20.7 Å². The number of nitrogens with one attached hydrogen (secondary N) is 1. The first-order valence-corrected chi connectivity index (χ1v) is 11.4. The smallest absolute Gasteiger partial charge is 0.151 e. The number of hydrogen-bond acceptors (Lipinski definition) is 4. The van der Waals surface area contributed by atoms with Crippen molar-refractivity contribution in [3.8, 4) is 11.5 Å². The highest BCUT2D eigenvalue weighted by Crippen LogP contribution is 2.28. The minimum atomic E-state index is 0.416. The predicted octanol–water partition coefficient (Wildman–Crippen LogP) is 5.95. The topological polar surface area (TPSA) is 68.9 Å². The molecule has 4 rings (SSSR count). The second kappa shape index (κ2) is 11.7. The summed E-state index contributed by atoms with van der Waals surface area (Å²) >= 11 is 0. The summed E-state index contributed by atoms with van der Waals surface area (Å²) in [5, 5.41) is 0. The Balaban J connectivity index is 1.63. The van der Waals surface area contributed by atoms with Crippen LogP contribution in [-0.4, -0.2) is 5.84 Å². The van der Waals surface area contributed by atoms with Crippen LogP contribution in [0.1, 0.15) is 29.2 Å². The standard InChI is InChI=1S/C29H29N3O2/c1-2-22-14-9-15-25(18-22)31-29(32-30)27-17-16-26(33-20-23-10-5-3-6-11-23)19-28(27)34-21-24-12-7-4-8-13-24/h3-19H,2,20-21,30H2,1H3,(H,31,32). The Bertz CT molecular complexity index is 1220. The lowest BCUT2D eigenvalue weighted by Gasteiger charge is -2.16. The molecule has 0 heterocycles. The van der Waals surface area contributed by atoms with Crippen molar-refractivity contribution in [1.29, 1.82) is 0 Å². The molecule has 0 radical (unpaired) electrons. The number of aryl methyl sites for hydroxylation is 1. The molecule has 0 amide bonds. The number of hydrazine groups is 1. The summed E-state index contributed by atoms with van der Waals surface area (Å²) in [4.78, 5) is 4.75. The molecule has 0 unspecified atom stereocenters. The Hall–Kier alpha value is -4.09. The van der Waals surface area contributed by atoms with Crippen LogP contribution in [0.3, 0.4) is 0 Å². The molecule has 0 saturated heterocycles. The first-order valence-electron chi connectivity index (χ1n) is 11.4. The van der Waals surface area contributed by atoms with Gasteiger partial charge < -0.3 is 14.9 Å². The first kappa shape index (κ1) is 23.1. The van der Waals surface area contributed by atoms with Crippen LogP contribution in [0.5, 0.6) is 11.5 Å². The number of aliphatic imine (C=N–C) groups is 1. The molecule has 34 heavy (non-hydrogen) atoms. The van der Waals surface area contributed by atoms with E-state index in [1.54, 1.807) is 0 Å². The number of hydrogen-bond donors (Lipinski definition) is 2. The number of rotatable bonds is 9. The molecule has 4 aromatic carbocycles. The van der Waals surface area contributed by atoms with Crippen molar-refractivity contribution in [3.63, 3.8) is 0 Å². The number of ether oxygens (including phenoxy) is 2. The van der Waals surface area contributed by atoms with Crippen molar-refractivity contribution in [1.82, 2.24) is 5.43 Å². The average Bonchev–Trinajstić information content (AvgIpc) is 2.91. The van der Waals surface area contributed by atoms with Crippen LogP contribution in [0, 0.1) is 0 Å². The zero-order valence-corrected chi connectivity index (χ0v) is 19.3. The van der Waals surface area contributed by atoms with Crippen LogP contribution in [0.15, 0.2) is 108 Å². The lowest BCUT2D eigenvalue weighted by atomic mass is 10.1. The molecule has 0 spiro atoms. The van der Waals surface area contributed by atoms with Crippen LogP contribution >= 0.6 is 0 Å². The van der Waals surface area contributed by atoms with Gasteiger partial charge in [-0.2, -0.15) is 0 Å². The molecule has 0 saturated carbocycles. The number of nitrogens with two attached hydrogens (primary N) is 1. The van der Waals surface area contributed by atoms with Crippen molar-refractivity contribution in [2.45, 2.75) is 26.6 Å². The Morgan fingerprint density at radius 2 is 1.38 bits per heavy atom. The molecule has 4 aromatic rings. The summed E-state index contributed by atoms with van der Waals surface area (Å²) < 4.78 is 12.3. The number of benzene rings is 4. The second-order valence-corrected chi connectivity index (χ2v) is 7.83. The van der Waals surface area contributed by atoms with Gasteiger partial charge in [0.25, 0.3) is 0 Å². The zero-order valence-electron chi connectivity index (χ0n) is 19.3. The third kappa shape index (κ3) is 6.24. The van der Waals surface area contributed by atoms with E-state index in [4.69, 9.17) is 20.3 Å². The molecule has 0 bridgehead atoms. The van der Waals surface area contributed by atoms with Gasteiger partial charge in [-0.05, 0) is 47.4 Å². The third-order valence-electron chi connectivity index (χ3n) is 5.39. The van der Waals surface area contributed by atoms with E-state index in [1.807, 2.05) is 91.0 Å². The molecule has 0 aliphatic carbocycles. The lowest BCUT2D eigenvalue weighted by Crippen LogP contribution is -2.31. The Labute approximate surface area is 200 Å². The summed E-state index contributed by atoms with van der Waals surface area (Å²) in [5.41, 5.74) is 7.71. The van der Waals surface area contributed by atoms with E-state index in [1.165, 1.54) is 5.56 Å². The largest absolute Gasteiger partial charge is 0.489 e. The fourth-order valence-corrected chi connectivity index (χ4v) is 3.53. The minimum absolute atomic E-state index is 0.416. The van der Waals surface area contributed by atoms with Crippen molar-refractivity contribution in [3.05, 3.63) is 125 Å². The van der Waals surface area contributed by atoms with Gasteiger partial charge in [0, 0.05) is 6.07 Å². The third-order valence-corrected chi connectivity index (χ3v) is 5.39. The van der Waals surface area contributed by atoms with Gasteiger partial charge in [0.2, 0.25) is 0 Å². The molecule has 0 aliphatic heterocycles. The Kier molecular flexibility index (Phi) is 7.93. The fraction of sp³-hybridized carbons (Fsp3) is 0.138. The van der Waals surface area contributed by atoms with Crippen LogP contribution in [0.25, 0.3) is 0 Å². The highest BCUT2D eigenvalue weighted by Gasteiger charge is 2.13. The molecular weight excluding hydrogens is 422 g/mol. The van der Waals surface area contributed by atoms with E-state index >= 15 is 0 Å². The Morgan fingerprint density at radius 1 is 0.735 bits per heavy atom. The number of nitrogens with zero attached hydrogens (tertiary/aromatic N) is 1. The van der Waals surface area contributed by atoms with Crippen molar-refractivity contribution >= 4 is 11.5 Å².